The average Bonchev–Trinajstić information content (AvgIpc) is 3.08. The fourth-order valence-corrected chi connectivity index (χ4v) is 2.04. The second-order valence-corrected chi connectivity index (χ2v) is 4.85. The normalized spacial score (nSPS) is 11.8. The summed E-state index contributed by atoms with van der Waals surface area (Å²) in [7, 11) is 0. The molecule has 1 N–H and O–H groups in total. The minimum atomic E-state index is -0.863. The molecule has 0 aliphatic carbocycles. The molecule has 2 aromatic rings. The smallest absolute Gasteiger partial charge is 0.374 e. The Kier molecular flexibility index (Phi) is 4.35. The Morgan fingerprint density at radius 3 is 2.89 bits per heavy atom. The molecule has 0 aliphatic heterocycles. The number of hydrogen-bond acceptors (Lipinski definition) is 5. The molecule has 0 aliphatic rings. The van der Waals surface area contributed by atoms with Crippen molar-refractivity contribution >= 4 is 23.2 Å². The Hall–Kier alpha value is -2.08. The lowest BCUT2D eigenvalue weighted by molar-refractivity contribution is -0.129. The number of thiophene rings is 1. The molecule has 2 rings (SSSR count). The number of furan rings is 1. The monoisotopic (exact) mass is 279 g/mol. The summed E-state index contributed by atoms with van der Waals surface area (Å²) in [4.78, 5) is 24.3. The first-order valence-electron chi connectivity index (χ1n) is 5.71. The molecule has 0 aromatic carbocycles. The maximum absolute atomic E-state index is 11.7. The molecule has 0 spiro atoms. The first-order chi connectivity index (χ1) is 9.16. The third-order valence-corrected chi connectivity index (χ3v) is 3.27. The van der Waals surface area contributed by atoms with E-state index in [1.54, 1.807) is 17.4 Å². The van der Waals surface area contributed by atoms with Crippen molar-refractivity contribution in [3.63, 3.8) is 0 Å². The molecule has 5 nitrogen and oxygen atoms in total. The molecule has 0 saturated heterocycles. The molecule has 100 valence electrons. The van der Waals surface area contributed by atoms with Gasteiger partial charge in [-0.1, -0.05) is 6.07 Å². The number of hydrogen-bond donors (Lipinski definition) is 1. The lowest BCUT2D eigenvalue weighted by Gasteiger charge is -2.12. The second kappa shape index (κ2) is 6.19. The first-order valence-corrected chi connectivity index (χ1v) is 6.59. The van der Waals surface area contributed by atoms with E-state index in [0.29, 0.717) is 6.54 Å². The van der Waals surface area contributed by atoms with Crippen LogP contribution in [0.3, 0.4) is 0 Å². The van der Waals surface area contributed by atoms with Gasteiger partial charge in [-0.2, -0.15) is 0 Å². The molecule has 0 radical (unpaired) electrons. The van der Waals surface area contributed by atoms with Gasteiger partial charge in [0.2, 0.25) is 5.76 Å². The van der Waals surface area contributed by atoms with Crippen molar-refractivity contribution in [3.05, 3.63) is 46.5 Å². The summed E-state index contributed by atoms with van der Waals surface area (Å²) in [6.45, 7) is 1.95. The van der Waals surface area contributed by atoms with Crippen molar-refractivity contribution in [3.8, 4) is 0 Å². The summed E-state index contributed by atoms with van der Waals surface area (Å²) in [5.41, 5.74) is 0. The third kappa shape index (κ3) is 3.69. The number of ether oxygens (including phenoxy) is 1. The standard InChI is InChI=1S/C13H13NO4S/c1-9(18-13(16)11-5-2-6-17-11)12(15)14-8-10-4-3-7-19-10/h2-7,9H,8H2,1H3,(H,14,15)/t9-/m1/s1. The van der Waals surface area contributed by atoms with Crippen LogP contribution in [-0.2, 0) is 16.1 Å². The number of esters is 1. The van der Waals surface area contributed by atoms with Crippen molar-refractivity contribution in [2.75, 3.05) is 0 Å². The highest BCUT2D eigenvalue weighted by atomic mass is 32.1. The van der Waals surface area contributed by atoms with E-state index < -0.39 is 12.1 Å². The average molecular weight is 279 g/mol. The summed E-state index contributed by atoms with van der Waals surface area (Å²) in [6.07, 6.45) is 0.510. The molecule has 0 fully saturated rings. The van der Waals surface area contributed by atoms with Gasteiger partial charge in [-0.25, -0.2) is 4.79 Å². The van der Waals surface area contributed by atoms with Crippen LogP contribution in [0.2, 0.25) is 0 Å². The molecule has 1 atom stereocenters. The summed E-state index contributed by atoms with van der Waals surface area (Å²) in [6, 6.07) is 6.90. The van der Waals surface area contributed by atoms with Crippen LogP contribution >= 0.6 is 11.3 Å². The van der Waals surface area contributed by atoms with E-state index in [4.69, 9.17) is 9.15 Å². The Morgan fingerprint density at radius 1 is 1.42 bits per heavy atom. The zero-order valence-electron chi connectivity index (χ0n) is 10.3. The molecule has 0 saturated carbocycles. The summed E-state index contributed by atoms with van der Waals surface area (Å²) in [5.74, 6) is -0.907. The zero-order valence-corrected chi connectivity index (χ0v) is 11.1. The van der Waals surface area contributed by atoms with Crippen molar-refractivity contribution < 1.29 is 18.7 Å². The summed E-state index contributed by atoms with van der Waals surface area (Å²) in [5, 5.41) is 4.63. The van der Waals surface area contributed by atoms with Gasteiger partial charge in [-0.3, -0.25) is 4.79 Å². The molecule has 19 heavy (non-hydrogen) atoms. The highest BCUT2D eigenvalue weighted by molar-refractivity contribution is 7.09. The third-order valence-electron chi connectivity index (χ3n) is 2.39. The molecule has 0 bridgehead atoms. The number of carbonyl (C=O) groups is 2. The van der Waals surface area contributed by atoms with Crippen molar-refractivity contribution in [2.45, 2.75) is 19.6 Å². The van der Waals surface area contributed by atoms with Gasteiger partial charge in [0.05, 0.1) is 12.8 Å². The first kappa shape index (κ1) is 13.4. The predicted octanol–water partition coefficient (Wildman–Crippen LogP) is 2.20. The minimum Gasteiger partial charge on any atom is -0.457 e. The molecular formula is C13H13NO4S. The van der Waals surface area contributed by atoms with Crippen molar-refractivity contribution in [2.24, 2.45) is 0 Å². The highest BCUT2D eigenvalue weighted by Crippen LogP contribution is 2.08. The van der Waals surface area contributed by atoms with Crippen LogP contribution in [0.1, 0.15) is 22.4 Å². The van der Waals surface area contributed by atoms with Gasteiger partial charge in [0, 0.05) is 4.88 Å². The second-order valence-electron chi connectivity index (χ2n) is 3.82. The maximum atomic E-state index is 11.7. The molecule has 1 amide bonds. The minimum absolute atomic E-state index is 0.0814. The number of rotatable bonds is 5. The quantitative estimate of drug-likeness (QED) is 0.852. The number of nitrogens with one attached hydrogen (secondary N) is 1. The van der Waals surface area contributed by atoms with Gasteiger partial charge in [-0.15, -0.1) is 11.3 Å². The van der Waals surface area contributed by atoms with Gasteiger partial charge < -0.3 is 14.5 Å². The Bertz CT molecular complexity index is 533. The van der Waals surface area contributed by atoms with Crippen LogP contribution in [0.25, 0.3) is 0 Å². The van der Waals surface area contributed by atoms with E-state index in [1.165, 1.54) is 19.3 Å². The van der Waals surface area contributed by atoms with E-state index in [-0.39, 0.29) is 11.7 Å². The van der Waals surface area contributed by atoms with Gasteiger partial charge in [0.25, 0.3) is 5.91 Å². The summed E-state index contributed by atoms with van der Waals surface area (Å²) >= 11 is 1.55. The van der Waals surface area contributed by atoms with E-state index in [2.05, 4.69) is 5.32 Å². The van der Waals surface area contributed by atoms with Crippen molar-refractivity contribution in [1.82, 2.24) is 5.32 Å². The lowest BCUT2D eigenvalue weighted by atomic mass is 10.3. The fraction of sp³-hybridized carbons (Fsp3) is 0.231. The van der Waals surface area contributed by atoms with E-state index >= 15 is 0 Å². The topological polar surface area (TPSA) is 68.5 Å². The van der Waals surface area contributed by atoms with Gasteiger partial charge in [0.15, 0.2) is 6.10 Å². The molecule has 6 heteroatoms. The van der Waals surface area contributed by atoms with E-state index in [9.17, 15) is 9.59 Å². The zero-order chi connectivity index (χ0) is 13.7. The van der Waals surface area contributed by atoms with Crippen LogP contribution < -0.4 is 5.32 Å². The van der Waals surface area contributed by atoms with Crippen LogP contribution in [0.5, 0.6) is 0 Å². The Morgan fingerprint density at radius 2 is 2.26 bits per heavy atom. The number of amides is 1. The van der Waals surface area contributed by atoms with Crippen LogP contribution in [0.15, 0.2) is 40.3 Å². The number of carbonyl (C=O) groups excluding carboxylic acids is 2. The molecule has 2 heterocycles. The van der Waals surface area contributed by atoms with Gasteiger partial charge >= 0.3 is 5.97 Å². The Balaban J connectivity index is 1.80. The Labute approximate surface area is 114 Å². The molecule has 2 aromatic heterocycles. The van der Waals surface area contributed by atoms with E-state index in [0.717, 1.165) is 4.88 Å². The van der Waals surface area contributed by atoms with Gasteiger partial charge in [0.1, 0.15) is 0 Å². The maximum Gasteiger partial charge on any atom is 0.374 e. The fourth-order valence-electron chi connectivity index (χ4n) is 1.40. The predicted molar refractivity (Wildman–Crippen MR) is 69.8 cm³/mol. The van der Waals surface area contributed by atoms with Crippen LogP contribution in [0.4, 0.5) is 0 Å². The lowest BCUT2D eigenvalue weighted by Crippen LogP contribution is -2.35. The summed E-state index contributed by atoms with van der Waals surface area (Å²) < 4.78 is 9.88. The molecule has 0 unspecified atom stereocenters. The highest BCUT2D eigenvalue weighted by Gasteiger charge is 2.20. The molecular weight excluding hydrogens is 266 g/mol. The van der Waals surface area contributed by atoms with Crippen molar-refractivity contribution in [1.29, 1.82) is 0 Å². The van der Waals surface area contributed by atoms with Crippen LogP contribution in [0, 0.1) is 0 Å². The van der Waals surface area contributed by atoms with E-state index in [1.807, 2.05) is 17.5 Å². The van der Waals surface area contributed by atoms with Gasteiger partial charge in [-0.05, 0) is 30.5 Å². The SMILES string of the molecule is C[C@@H](OC(=O)c1ccco1)C(=O)NCc1cccs1. The van der Waals surface area contributed by atoms with Crippen LogP contribution in [-0.4, -0.2) is 18.0 Å². The largest absolute Gasteiger partial charge is 0.457 e.